The van der Waals surface area contributed by atoms with Gasteiger partial charge in [0.2, 0.25) is 11.8 Å². The summed E-state index contributed by atoms with van der Waals surface area (Å²) in [6, 6.07) is 20.4. The molecule has 0 saturated carbocycles. The Morgan fingerprint density at radius 3 is 2.51 bits per heavy atom. The lowest BCUT2D eigenvalue weighted by molar-refractivity contribution is -0.113. The van der Waals surface area contributed by atoms with Crippen molar-refractivity contribution in [2.24, 2.45) is 0 Å². The summed E-state index contributed by atoms with van der Waals surface area (Å²) in [5.41, 5.74) is 8.93. The van der Waals surface area contributed by atoms with E-state index in [0.29, 0.717) is 29.4 Å². The lowest BCUT2D eigenvalue weighted by Gasteiger charge is -2.17. The summed E-state index contributed by atoms with van der Waals surface area (Å²) in [5, 5.41) is 0. The molecule has 0 spiro atoms. The number of hydrogen-bond acceptors (Lipinski definition) is 6. The van der Waals surface area contributed by atoms with Crippen molar-refractivity contribution in [2.45, 2.75) is 6.61 Å². The van der Waals surface area contributed by atoms with Crippen molar-refractivity contribution in [3.05, 3.63) is 103 Å². The van der Waals surface area contributed by atoms with Crippen molar-refractivity contribution >= 4 is 17.4 Å². The number of halogens is 1. The monoisotopic (exact) mass is 470 g/mol. The molecule has 1 aromatic heterocycles. The average molecular weight is 471 g/mol. The van der Waals surface area contributed by atoms with Crippen LogP contribution in [0, 0.1) is 5.82 Å². The van der Waals surface area contributed by atoms with E-state index in [1.807, 2.05) is 12.1 Å². The molecule has 1 heterocycles. The Bertz CT molecular complexity index is 1340. The molecular weight excluding hydrogens is 447 g/mol. The van der Waals surface area contributed by atoms with Gasteiger partial charge in [-0.1, -0.05) is 36.9 Å². The van der Waals surface area contributed by atoms with E-state index >= 15 is 0 Å². The van der Waals surface area contributed by atoms with Gasteiger partial charge in [-0.2, -0.15) is 0 Å². The molecule has 0 unspecified atom stereocenters. The number of rotatable bonds is 8. The number of anilines is 2. The summed E-state index contributed by atoms with van der Waals surface area (Å²) in [6.45, 7) is 3.82. The molecule has 0 aliphatic carbocycles. The van der Waals surface area contributed by atoms with Gasteiger partial charge in [0, 0.05) is 18.8 Å². The number of benzene rings is 3. The van der Waals surface area contributed by atoms with Gasteiger partial charge >= 0.3 is 0 Å². The Hall–Kier alpha value is -4.72. The zero-order valence-corrected chi connectivity index (χ0v) is 19.0. The first-order valence-electron chi connectivity index (χ1n) is 10.7. The average Bonchev–Trinajstić information content (AvgIpc) is 2.88. The fraction of sp³-hybridized carbons (Fsp3) is 0.0741. The van der Waals surface area contributed by atoms with E-state index in [9.17, 15) is 9.18 Å². The minimum Gasteiger partial charge on any atom is -0.489 e. The lowest BCUT2D eigenvalue weighted by Crippen LogP contribution is -2.23. The molecule has 35 heavy (non-hydrogen) atoms. The van der Waals surface area contributed by atoms with Crippen molar-refractivity contribution in [3.63, 3.8) is 0 Å². The van der Waals surface area contributed by atoms with Gasteiger partial charge in [0.05, 0.1) is 5.56 Å². The van der Waals surface area contributed by atoms with E-state index in [2.05, 4.69) is 16.5 Å². The standard InChI is InChI=1S/C27H23FN4O3/c1-3-24(33)32(2)21-5-4-6-23(15-21)35-27-25(26(29)30-17-31-27)19-9-13-22(14-10-19)34-16-18-7-11-20(28)12-8-18/h3-15,17H,1,16H2,2H3,(H2,29,30,31). The molecule has 3 aromatic carbocycles. The number of carbonyl (C=O) groups excluding carboxylic acids is 1. The Balaban J connectivity index is 1.54. The van der Waals surface area contributed by atoms with Crippen molar-refractivity contribution in [1.29, 1.82) is 0 Å². The maximum absolute atomic E-state index is 13.1. The molecule has 0 bridgehead atoms. The van der Waals surface area contributed by atoms with Crippen molar-refractivity contribution in [1.82, 2.24) is 9.97 Å². The Kier molecular flexibility index (Phi) is 7.02. The summed E-state index contributed by atoms with van der Waals surface area (Å²) in [4.78, 5) is 21.8. The van der Waals surface area contributed by atoms with Gasteiger partial charge in [-0.05, 0) is 53.6 Å². The number of nitrogens with two attached hydrogens (primary N) is 1. The smallest absolute Gasteiger partial charge is 0.250 e. The first-order valence-corrected chi connectivity index (χ1v) is 10.7. The zero-order chi connectivity index (χ0) is 24.8. The summed E-state index contributed by atoms with van der Waals surface area (Å²) < 4.78 is 24.9. The molecule has 2 N–H and O–H groups in total. The fourth-order valence-electron chi connectivity index (χ4n) is 3.33. The van der Waals surface area contributed by atoms with Gasteiger partial charge < -0.3 is 20.1 Å². The first kappa shape index (κ1) is 23.4. The molecule has 0 aliphatic heterocycles. The summed E-state index contributed by atoms with van der Waals surface area (Å²) >= 11 is 0. The lowest BCUT2D eigenvalue weighted by atomic mass is 10.1. The maximum Gasteiger partial charge on any atom is 0.250 e. The van der Waals surface area contributed by atoms with E-state index < -0.39 is 0 Å². The second-order valence-electron chi connectivity index (χ2n) is 7.58. The number of aromatic nitrogens is 2. The second kappa shape index (κ2) is 10.5. The molecule has 0 fully saturated rings. The highest BCUT2D eigenvalue weighted by Crippen LogP contribution is 2.36. The van der Waals surface area contributed by atoms with Gasteiger partial charge in [0.25, 0.3) is 0 Å². The topological polar surface area (TPSA) is 90.6 Å². The third-order valence-electron chi connectivity index (χ3n) is 5.23. The second-order valence-corrected chi connectivity index (χ2v) is 7.58. The quantitative estimate of drug-likeness (QED) is 0.348. The van der Waals surface area contributed by atoms with Crippen LogP contribution in [0.25, 0.3) is 11.1 Å². The number of hydrogen-bond donors (Lipinski definition) is 1. The van der Waals surface area contributed by atoms with E-state index in [4.69, 9.17) is 15.2 Å². The maximum atomic E-state index is 13.1. The van der Waals surface area contributed by atoms with Crippen molar-refractivity contribution in [2.75, 3.05) is 17.7 Å². The third-order valence-corrected chi connectivity index (χ3v) is 5.23. The fourth-order valence-corrected chi connectivity index (χ4v) is 3.33. The summed E-state index contributed by atoms with van der Waals surface area (Å²) in [5.74, 6) is 1.11. The normalized spacial score (nSPS) is 10.5. The van der Waals surface area contributed by atoms with Gasteiger partial charge in [-0.15, -0.1) is 0 Å². The van der Waals surface area contributed by atoms with Crippen LogP contribution >= 0.6 is 0 Å². The first-order chi connectivity index (χ1) is 16.9. The minimum absolute atomic E-state index is 0.240. The molecule has 4 rings (SSSR count). The van der Waals surface area contributed by atoms with E-state index in [-0.39, 0.29) is 23.4 Å². The molecular formula is C27H23FN4O3. The van der Waals surface area contributed by atoms with Crippen molar-refractivity contribution in [3.8, 4) is 28.5 Å². The highest BCUT2D eigenvalue weighted by atomic mass is 19.1. The van der Waals surface area contributed by atoms with Gasteiger partial charge in [0.1, 0.15) is 36.1 Å². The van der Waals surface area contributed by atoms with Crippen LogP contribution in [0.1, 0.15) is 5.56 Å². The molecule has 4 aromatic rings. The molecule has 7 nitrogen and oxygen atoms in total. The number of likely N-dealkylation sites (N-methyl/N-ethyl adjacent to an activating group) is 1. The van der Waals surface area contributed by atoms with Crippen LogP contribution in [-0.2, 0) is 11.4 Å². The van der Waals surface area contributed by atoms with Gasteiger partial charge in [-0.25, -0.2) is 14.4 Å². The van der Waals surface area contributed by atoms with Crippen LogP contribution in [0.2, 0.25) is 0 Å². The highest BCUT2D eigenvalue weighted by molar-refractivity contribution is 6.00. The highest BCUT2D eigenvalue weighted by Gasteiger charge is 2.15. The van der Waals surface area contributed by atoms with Crippen LogP contribution < -0.4 is 20.1 Å². The van der Waals surface area contributed by atoms with Crippen LogP contribution in [0.3, 0.4) is 0 Å². The molecule has 1 amide bonds. The van der Waals surface area contributed by atoms with Crippen LogP contribution in [0.15, 0.2) is 91.8 Å². The predicted molar refractivity (Wildman–Crippen MR) is 133 cm³/mol. The van der Waals surface area contributed by atoms with Gasteiger partial charge in [-0.3, -0.25) is 4.79 Å². The summed E-state index contributed by atoms with van der Waals surface area (Å²) in [6.07, 6.45) is 2.56. The Morgan fingerprint density at radius 1 is 1.06 bits per heavy atom. The number of nitrogen functional groups attached to an aromatic ring is 1. The molecule has 0 atom stereocenters. The Morgan fingerprint density at radius 2 is 1.80 bits per heavy atom. The molecule has 0 aliphatic rings. The van der Waals surface area contributed by atoms with Crippen molar-refractivity contribution < 1.29 is 18.7 Å². The largest absolute Gasteiger partial charge is 0.489 e. The number of carbonyl (C=O) groups is 1. The molecule has 8 heteroatoms. The van der Waals surface area contributed by atoms with Crippen LogP contribution in [0.4, 0.5) is 15.9 Å². The van der Waals surface area contributed by atoms with Crippen LogP contribution in [0.5, 0.6) is 17.4 Å². The van der Waals surface area contributed by atoms with Gasteiger partial charge in [0.15, 0.2) is 0 Å². The molecule has 0 saturated heterocycles. The zero-order valence-electron chi connectivity index (χ0n) is 19.0. The Labute approximate surface area is 202 Å². The van der Waals surface area contributed by atoms with E-state index in [1.165, 1.54) is 29.4 Å². The predicted octanol–water partition coefficient (Wildman–Crippen LogP) is 5.39. The number of ether oxygens (including phenoxy) is 2. The van der Waals surface area contributed by atoms with Crippen LogP contribution in [-0.4, -0.2) is 22.9 Å². The third kappa shape index (κ3) is 5.62. The number of nitrogens with zero attached hydrogens (tertiary/aromatic N) is 3. The number of amides is 1. The van der Waals surface area contributed by atoms with E-state index in [1.54, 1.807) is 55.6 Å². The molecule has 176 valence electrons. The minimum atomic E-state index is -0.289. The summed E-state index contributed by atoms with van der Waals surface area (Å²) in [7, 11) is 1.65. The molecule has 0 radical (unpaired) electrons. The SMILES string of the molecule is C=CC(=O)N(C)c1cccc(Oc2ncnc(N)c2-c2ccc(OCc3ccc(F)cc3)cc2)c1. The van der Waals surface area contributed by atoms with E-state index in [0.717, 1.165) is 11.1 Å².